The van der Waals surface area contributed by atoms with Gasteiger partial charge in [0, 0.05) is 22.9 Å². The summed E-state index contributed by atoms with van der Waals surface area (Å²) in [5.41, 5.74) is 2.37. The lowest BCUT2D eigenvalue weighted by molar-refractivity contribution is 0.318. The Labute approximate surface area is 171 Å². The predicted octanol–water partition coefficient (Wildman–Crippen LogP) is 6.14. The minimum atomic E-state index is -0.404. The Morgan fingerprint density at radius 3 is 2.83 bits per heavy atom. The van der Waals surface area contributed by atoms with Crippen molar-refractivity contribution in [1.82, 2.24) is 4.98 Å². The molecule has 4 aromatic rings. The number of fused-ring (bicyclic) bond motifs is 1. The largest absolute Gasteiger partial charge is 0.504 e. The Morgan fingerprint density at radius 1 is 1.21 bits per heavy atom. The summed E-state index contributed by atoms with van der Waals surface area (Å²) >= 11 is 6.09. The molecular weight excluding hydrogens is 395 g/mol. The first kappa shape index (κ1) is 19.0. The van der Waals surface area contributed by atoms with Crippen LogP contribution in [-0.2, 0) is 0 Å². The van der Waals surface area contributed by atoms with Crippen LogP contribution in [0.25, 0.3) is 22.6 Å². The molecule has 0 fully saturated rings. The molecule has 29 heavy (non-hydrogen) atoms. The Balaban J connectivity index is 1.66. The van der Waals surface area contributed by atoms with Crippen LogP contribution in [0.2, 0.25) is 5.02 Å². The Hall–Kier alpha value is -3.38. The number of halogens is 2. The van der Waals surface area contributed by atoms with Crippen LogP contribution in [0.3, 0.4) is 0 Å². The van der Waals surface area contributed by atoms with Crippen molar-refractivity contribution in [3.8, 4) is 23.0 Å². The molecule has 0 radical (unpaired) electrons. The van der Waals surface area contributed by atoms with Crippen LogP contribution >= 0.6 is 11.6 Å². The van der Waals surface area contributed by atoms with Gasteiger partial charge >= 0.3 is 0 Å². The number of hydrogen-bond donors (Lipinski definition) is 1. The summed E-state index contributed by atoms with van der Waals surface area (Å²) in [5.74, 6) is 0.0548. The van der Waals surface area contributed by atoms with E-state index in [2.05, 4.69) is 9.98 Å². The average Bonchev–Trinajstić information content (AvgIpc) is 3.13. The third-order valence-electron chi connectivity index (χ3n) is 4.20. The second kappa shape index (κ2) is 7.93. The molecule has 0 aliphatic heterocycles. The van der Waals surface area contributed by atoms with Gasteiger partial charge < -0.3 is 14.3 Å². The van der Waals surface area contributed by atoms with E-state index in [9.17, 15) is 9.50 Å². The third kappa shape index (κ3) is 3.93. The van der Waals surface area contributed by atoms with Gasteiger partial charge in [0.15, 0.2) is 17.1 Å². The number of ether oxygens (including phenoxy) is 1. The summed E-state index contributed by atoms with van der Waals surface area (Å²) in [7, 11) is 0. The normalized spacial score (nSPS) is 11.4. The fourth-order valence-electron chi connectivity index (χ4n) is 2.85. The van der Waals surface area contributed by atoms with E-state index in [4.69, 9.17) is 20.8 Å². The van der Waals surface area contributed by atoms with Crippen molar-refractivity contribution < 1.29 is 18.7 Å². The van der Waals surface area contributed by atoms with Gasteiger partial charge in [0.25, 0.3) is 0 Å². The molecule has 0 spiro atoms. The van der Waals surface area contributed by atoms with E-state index in [-0.39, 0.29) is 11.6 Å². The second-order valence-corrected chi connectivity index (χ2v) is 6.62. The smallest absolute Gasteiger partial charge is 0.230 e. The topological polar surface area (TPSA) is 67.9 Å². The summed E-state index contributed by atoms with van der Waals surface area (Å²) in [6.45, 7) is 2.22. The molecule has 3 aromatic carbocycles. The summed E-state index contributed by atoms with van der Waals surface area (Å²) < 4.78 is 25.0. The van der Waals surface area contributed by atoms with Gasteiger partial charge in [-0.15, -0.1) is 0 Å². The van der Waals surface area contributed by atoms with Gasteiger partial charge in [-0.25, -0.2) is 9.37 Å². The van der Waals surface area contributed by atoms with Crippen molar-refractivity contribution in [2.75, 3.05) is 6.61 Å². The van der Waals surface area contributed by atoms with Gasteiger partial charge in [-0.05, 0) is 43.3 Å². The zero-order valence-electron chi connectivity index (χ0n) is 15.4. The van der Waals surface area contributed by atoms with Crippen molar-refractivity contribution in [1.29, 1.82) is 0 Å². The van der Waals surface area contributed by atoms with Gasteiger partial charge in [0.1, 0.15) is 11.3 Å². The maximum Gasteiger partial charge on any atom is 0.230 e. The highest BCUT2D eigenvalue weighted by atomic mass is 35.5. The van der Waals surface area contributed by atoms with Gasteiger partial charge in [-0.1, -0.05) is 23.7 Å². The van der Waals surface area contributed by atoms with Gasteiger partial charge in [0.2, 0.25) is 5.89 Å². The third-order valence-corrected chi connectivity index (χ3v) is 4.42. The van der Waals surface area contributed by atoms with Gasteiger partial charge in [-0.2, -0.15) is 0 Å². The molecule has 4 rings (SSSR count). The van der Waals surface area contributed by atoms with E-state index in [0.717, 1.165) is 0 Å². The molecule has 0 saturated heterocycles. The highest BCUT2D eigenvalue weighted by Crippen LogP contribution is 2.33. The van der Waals surface area contributed by atoms with E-state index in [1.54, 1.807) is 48.5 Å². The van der Waals surface area contributed by atoms with Crippen molar-refractivity contribution in [3.63, 3.8) is 0 Å². The number of phenols is 1. The zero-order valence-corrected chi connectivity index (χ0v) is 16.2. The minimum Gasteiger partial charge on any atom is -0.504 e. The van der Waals surface area contributed by atoms with Crippen molar-refractivity contribution in [3.05, 3.63) is 71.0 Å². The SMILES string of the molecule is CCOc1cc(Cl)cc(C=Nc2ccc3oc(-c4ccccc4F)nc3c2)c1O. The average molecular weight is 411 g/mol. The van der Waals surface area contributed by atoms with E-state index >= 15 is 0 Å². The fourth-order valence-corrected chi connectivity index (χ4v) is 3.07. The summed E-state index contributed by atoms with van der Waals surface area (Å²) in [4.78, 5) is 8.73. The first-order valence-corrected chi connectivity index (χ1v) is 9.28. The first-order valence-electron chi connectivity index (χ1n) is 8.90. The van der Waals surface area contributed by atoms with E-state index in [1.165, 1.54) is 12.3 Å². The second-order valence-electron chi connectivity index (χ2n) is 6.18. The lowest BCUT2D eigenvalue weighted by Crippen LogP contribution is -1.94. The standard InChI is InChI=1S/C22H16ClFN2O3/c1-2-28-20-10-14(23)9-13(21(20)27)12-25-15-7-8-19-18(11-15)26-22(29-19)16-5-3-4-6-17(16)24/h3-12,27H,2H2,1H3. The number of phenolic OH excluding ortho intramolecular Hbond substituents is 1. The highest BCUT2D eigenvalue weighted by Gasteiger charge is 2.13. The van der Waals surface area contributed by atoms with Crippen molar-refractivity contribution in [2.24, 2.45) is 4.99 Å². The number of benzene rings is 3. The molecule has 1 heterocycles. The highest BCUT2D eigenvalue weighted by molar-refractivity contribution is 6.31. The van der Waals surface area contributed by atoms with Gasteiger partial charge in [0.05, 0.1) is 17.9 Å². The van der Waals surface area contributed by atoms with E-state index in [0.29, 0.717) is 45.3 Å². The molecule has 1 aromatic heterocycles. The van der Waals surface area contributed by atoms with Crippen LogP contribution in [0.4, 0.5) is 10.1 Å². The molecule has 0 atom stereocenters. The fraction of sp³-hybridized carbons (Fsp3) is 0.0909. The molecule has 0 amide bonds. The molecule has 0 aliphatic carbocycles. The molecule has 146 valence electrons. The monoisotopic (exact) mass is 410 g/mol. The minimum absolute atomic E-state index is 0.0376. The summed E-state index contributed by atoms with van der Waals surface area (Å²) in [6.07, 6.45) is 1.49. The molecule has 5 nitrogen and oxygen atoms in total. The molecule has 0 unspecified atom stereocenters. The lowest BCUT2D eigenvalue weighted by Gasteiger charge is -2.08. The molecular formula is C22H16ClFN2O3. The Bertz CT molecular complexity index is 1220. The number of oxazole rings is 1. The maximum atomic E-state index is 14.0. The Kier molecular flexibility index (Phi) is 5.18. The summed E-state index contributed by atoms with van der Waals surface area (Å²) in [5, 5.41) is 10.7. The molecule has 0 saturated carbocycles. The first-order chi connectivity index (χ1) is 14.0. The van der Waals surface area contributed by atoms with E-state index < -0.39 is 5.82 Å². The molecule has 7 heteroatoms. The molecule has 0 aliphatic rings. The Morgan fingerprint density at radius 2 is 2.03 bits per heavy atom. The lowest BCUT2D eigenvalue weighted by atomic mass is 10.2. The number of hydrogen-bond acceptors (Lipinski definition) is 5. The van der Waals surface area contributed by atoms with Crippen LogP contribution in [0.5, 0.6) is 11.5 Å². The molecule has 0 bridgehead atoms. The molecule has 1 N–H and O–H groups in total. The van der Waals surface area contributed by atoms with Crippen molar-refractivity contribution in [2.45, 2.75) is 6.92 Å². The van der Waals surface area contributed by atoms with Crippen LogP contribution in [0, 0.1) is 5.82 Å². The van der Waals surface area contributed by atoms with Crippen LogP contribution < -0.4 is 4.74 Å². The van der Waals surface area contributed by atoms with Crippen LogP contribution in [0.1, 0.15) is 12.5 Å². The quantitative estimate of drug-likeness (QED) is 0.401. The van der Waals surface area contributed by atoms with Crippen LogP contribution in [0.15, 0.2) is 64.0 Å². The number of rotatable bonds is 5. The van der Waals surface area contributed by atoms with Crippen LogP contribution in [-0.4, -0.2) is 22.9 Å². The van der Waals surface area contributed by atoms with Gasteiger partial charge in [-0.3, -0.25) is 4.99 Å². The predicted molar refractivity (Wildman–Crippen MR) is 111 cm³/mol. The number of aromatic nitrogens is 1. The maximum absolute atomic E-state index is 14.0. The van der Waals surface area contributed by atoms with E-state index in [1.807, 2.05) is 6.92 Å². The van der Waals surface area contributed by atoms with Crippen molar-refractivity contribution >= 4 is 34.6 Å². The number of aromatic hydroxyl groups is 1. The zero-order chi connectivity index (χ0) is 20.4. The number of nitrogens with zero attached hydrogens (tertiary/aromatic N) is 2. The number of aliphatic imine (C=N–C) groups is 1. The summed E-state index contributed by atoms with van der Waals surface area (Å²) in [6, 6.07) is 14.6.